The number of rotatable bonds is 8. The molecule has 2 amide bonds. The Bertz CT molecular complexity index is 851. The molecule has 0 spiro atoms. The standard InChI is InChI=1S/C21H25N3O4/c1-4-6-13-24(3)20(26)15-11-12-22-18(14-15)19(25)23-17-10-8-7-9-16(17)21(27)28-5-2/h7-12,14H,4-6,13H2,1-3H3,(H,23,25). The van der Waals surface area contributed by atoms with Gasteiger partial charge >= 0.3 is 5.97 Å². The van der Waals surface area contributed by atoms with Gasteiger partial charge in [0.25, 0.3) is 11.8 Å². The largest absolute Gasteiger partial charge is 0.462 e. The van der Waals surface area contributed by atoms with Crippen LogP contribution in [-0.4, -0.2) is 47.9 Å². The third kappa shape index (κ3) is 5.39. The van der Waals surface area contributed by atoms with Crippen molar-refractivity contribution in [3.63, 3.8) is 0 Å². The number of anilines is 1. The lowest BCUT2D eigenvalue weighted by Crippen LogP contribution is -2.28. The van der Waals surface area contributed by atoms with Gasteiger partial charge in [-0.3, -0.25) is 14.6 Å². The first kappa shape index (κ1) is 21.1. The van der Waals surface area contributed by atoms with Crippen molar-refractivity contribution in [2.45, 2.75) is 26.7 Å². The molecule has 2 aromatic rings. The number of nitrogens with zero attached hydrogens (tertiary/aromatic N) is 2. The molecule has 0 saturated carbocycles. The Morgan fingerprint density at radius 3 is 2.61 bits per heavy atom. The Morgan fingerprint density at radius 2 is 1.89 bits per heavy atom. The van der Waals surface area contributed by atoms with Crippen LogP contribution < -0.4 is 5.32 Å². The Balaban J connectivity index is 2.18. The number of hydrogen-bond donors (Lipinski definition) is 1. The fraction of sp³-hybridized carbons (Fsp3) is 0.333. The Kier molecular flexibility index (Phi) is 7.68. The van der Waals surface area contributed by atoms with E-state index in [9.17, 15) is 14.4 Å². The van der Waals surface area contributed by atoms with Gasteiger partial charge < -0.3 is 15.0 Å². The van der Waals surface area contributed by atoms with E-state index in [2.05, 4.69) is 17.2 Å². The summed E-state index contributed by atoms with van der Waals surface area (Å²) in [6, 6.07) is 9.60. The number of amides is 2. The molecule has 2 rings (SSSR count). The highest BCUT2D eigenvalue weighted by Gasteiger charge is 2.18. The molecule has 0 aliphatic carbocycles. The third-order valence-corrected chi connectivity index (χ3v) is 4.10. The summed E-state index contributed by atoms with van der Waals surface area (Å²) in [5.41, 5.74) is 1.06. The van der Waals surface area contributed by atoms with Crippen LogP contribution >= 0.6 is 0 Å². The molecule has 28 heavy (non-hydrogen) atoms. The van der Waals surface area contributed by atoms with Gasteiger partial charge in [-0.2, -0.15) is 0 Å². The molecule has 1 aromatic carbocycles. The van der Waals surface area contributed by atoms with E-state index in [4.69, 9.17) is 4.74 Å². The van der Waals surface area contributed by atoms with E-state index in [1.807, 2.05) is 0 Å². The lowest BCUT2D eigenvalue weighted by molar-refractivity contribution is 0.0527. The second kappa shape index (κ2) is 10.2. The number of carbonyl (C=O) groups excluding carboxylic acids is 3. The second-order valence-corrected chi connectivity index (χ2v) is 6.23. The zero-order valence-corrected chi connectivity index (χ0v) is 16.4. The number of aromatic nitrogens is 1. The molecule has 0 aliphatic heterocycles. The first-order chi connectivity index (χ1) is 13.5. The lowest BCUT2D eigenvalue weighted by atomic mass is 10.1. The van der Waals surface area contributed by atoms with Gasteiger partial charge in [0, 0.05) is 25.4 Å². The molecule has 1 heterocycles. The molecule has 0 aliphatic rings. The summed E-state index contributed by atoms with van der Waals surface area (Å²) in [4.78, 5) is 42.8. The topological polar surface area (TPSA) is 88.6 Å². The molecule has 0 unspecified atom stereocenters. The number of ether oxygens (including phenoxy) is 1. The zero-order chi connectivity index (χ0) is 20.5. The minimum atomic E-state index is -0.521. The zero-order valence-electron chi connectivity index (χ0n) is 16.4. The van der Waals surface area contributed by atoms with Crippen molar-refractivity contribution in [1.82, 2.24) is 9.88 Å². The van der Waals surface area contributed by atoms with Crippen LogP contribution in [0, 0.1) is 0 Å². The van der Waals surface area contributed by atoms with Crippen LogP contribution in [0.2, 0.25) is 0 Å². The van der Waals surface area contributed by atoms with Crippen molar-refractivity contribution in [3.8, 4) is 0 Å². The van der Waals surface area contributed by atoms with Crippen LogP contribution in [0.3, 0.4) is 0 Å². The van der Waals surface area contributed by atoms with E-state index in [0.29, 0.717) is 17.8 Å². The van der Waals surface area contributed by atoms with Crippen LogP contribution in [0.4, 0.5) is 5.69 Å². The highest BCUT2D eigenvalue weighted by molar-refractivity contribution is 6.08. The molecule has 0 radical (unpaired) electrons. The number of pyridine rings is 1. The third-order valence-electron chi connectivity index (χ3n) is 4.10. The van der Waals surface area contributed by atoms with Crippen LogP contribution in [0.1, 0.15) is 57.9 Å². The van der Waals surface area contributed by atoms with Crippen LogP contribution in [0.15, 0.2) is 42.6 Å². The van der Waals surface area contributed by atoms with Gasteiger partial charge in [0.1, 0.15) is 5.69 Å². The minimum absolute atomic E-state index is 0.0911. The molecule has 0 atom stereocenters. The molecule has 0 fully saturated rings. The van der Waals surface area contributed by atoms with Gasteiger partial charge in [0.2, 0.25) is 0 Å². The summed E-state index contributed by atoms with van der Waals surface area (Å²) in [7, 11) is 1.73. The normalized spacial score (nSPS) is 10.2. The summed E-state index contributed by atoms with van der Waals surface area (Å²) < 4.78 is 5.01. The first-order valence-corrected chi connectivity index (χ1v) is 9.26. The van der Waals surface area contributed by atoms with Crippen molar-refractivity contribution < 1.29 is 19.1 Å². The van der Waals surface area contributed by atoms with E-state index in [0.717, 1.165) is 12.8 Å². The van der Waals surface area contributed by atoms with Gasteiger partial charge in [-0.1, -0.05) is 25.5 Å². The maximum atomic E-state index is 12.6. The van der Waals surface area contributed by atoms with Gasteiger partial charge in [-0.15, -0.1) is 0 Å². The number of hydrogen-bond acceptors (Lipinski definition) is 5. The fourth-order valence-corrected chi connectivity index (χ4v) is 2.57. The number of nitrogens with one attached hydrogen (secondary N) is 1. The first-order valence-electron chi connectivity index (χ1n) is 9.26. The van der Waals surface area contributed by atoms with E-state index in [-0.39, 0.29) is 23.8 Å². The highest BCUT2D eigenvalue weighted by atomic mass is 16.5. The monoisotopic (exact) mass is 383 g/mol. The molecule has 1 N–H and O–H groups in total. The highest BCUT2D eigenvalue weighted by Crippen LogP contribution is 2.17. The predicted molar refractivity (Wildman–Crippen MR) is 106 cm³/mol. The Hall–Kier alpha value is -3.22. The maximum absolute atomic E-state index is 12.6. The van der Waals surface area contributed by atoms with Crippen molar-refractivity contribution in [2.75, 3.05) is 25.5 Å². The number of esters is 1. The molecule has 0 bridgehead atoms. The SMILES string of the molecule is CCCCN(C)C(=O)c1ccnc(C(=O)Nc2ccccc2C(=O)OCC)c1. The molecule has 7 heteroatoms. The number of unbranched alkanes of at least 4 members (excludes halogenated alkanes) is 1. The van der Waals surface area contributed by atoms with Crippen LogP contribution in [0.5, 0.6) is 0 Å². The van der Waals surface area contributed by atoms with Crippen molar-refractivity contribution in [1.29, 1.82) is 0 Å². The smallest absolute Gasteiger partial charge is 0.340 e. The number of para-hydroxylation sites is 1. The molecule has 7 nitrogen and oxygen atoms in total. The van der Waals surface area contributed by atoms with E-state index in [1.165, 1.54) is 12.3 Å². The van der Waals surface area contributed by atoms with Crippen LogP contribution in [0.25, 0.3) is 0 Å². The number of carbonyl (C=O) groups is 3. The molecule has 148 valence electrons. The van der Waals surface area contributed by atoms with Gasteiger partial charge in [-0.25, -0.2) is 4.79 Å². The summed E-state index contributed by atoms with van der Waals surface area (Å²) in [6.45, 7) is 4.65. The summed E-state index contributed by atoms with van der Waals surface area (Å²) in [5.74, 6) is -1.20. The summed E-state index contributed by atoms with van der Waals surface area (Å²) in [5, 5.41) is 2.67. The van der Waals surface area contributed by atoms with E-state index < -0.39 is 11.9 Å². The van der Waals surface area contributed by atoms with Crippen LogP contribution in [-0.2, 0) is 4.74 Å². The Labute approximate surface area is 164 Å². The summed E-state index contributed by atoms with van der Waals surface area (Å²) >= 11 is 0. The van der Waals surface area contributed by atoms with Gasteiger partial charge in [0.05, 0.1) is 17.9 Å². The molecular formula is C21H25N3O4. The fourth-order valence-electron chi connectivity index (χ4n) is 2.57. The minimum Gasteiger partial charge on any atom is -0.462 e. The quantitative estimate of drug-likeness (QED) is 0.706. The van der Waals surface area contributed by atoms with Gasteiger partial charge in [-0.05, 0) is 37.6 Å². The van der Waals surface area contributed by atoms with Crippen molar-refractivity contribution in [2.24, 2.45) is 0 Å². The van der Waals surface area contributed by atoms with Crippen molar-refractivity contribution in [3.05, 3.63) is 59.4 Å². The van der Waals surface area contributed by atoms with Crippen molar-refractivity contribution >= 4 is 23.5 Å². The number of benzene rings is 1. The predicted octanol–water partition coefficient (Wildman–Crippen LogP) is 3.38. The maximum Gasteiger partial charge on any atom is 0.340 e. The molecule has 1 aromatic heterocycles. The molecular weight excluding hydrogens is 358 g/mol. The lowest BCUT2D eigenvalue weighted by Gasteiger charge is -2.17. The van der Waals surface area contributed by atoms with Gasteiger partial charge in [0.15, 0.2) is 0 Å². The summed E-state index contributed by atoms with van der Waals surface area (Å²) in [6.07, 6.45) is 3.32. The Morgan fingerprint density at radius 1 is 1.14 bits per heavy atom. The second-order valence-electron chi connectivity index (χ2n) is 6.23. The average molecular weight is 383 g/mol. The average Bonchev–Trinajstić information content (AvgIpc) is 2.72. The molecule has 0 saturated heterocycles. The van der Waals surface area contributed by atoms with E-state index in [1.54, 1.807) is 49.2 Å². The van der Waals surface area contributed by atoms with E-state index >= 15 is 0 Å².